The molecule has 0 aliphatic rings. The van der Waals surface area contributed by atoms with E-state index in [4.69, 9.17) is 9.47 Å². The van der Waals surface area contributed by atoms with Crippen LogP contribution in [0.4, 0.5) is 0 Å². The van der Waals surface area contributed by atoms with Crippen LogP contribution in [0.25, 0.3) is 10.9 Å². The smallest absolute Gasteiger partial charge is 0.305 e. The third-order valence-electron chi connectivity index (χ3n) is 7.33. The standard InChI is InChI=1S/C36H43NO4/c1-5-7-13-34(28-17-15-27(16-18-28)24-26(3)4)41-30-21-19-29(20-22-30)36(39)32-25-37(23-10-14-35(38)40-6-2)33-12-9-8-11-31(32)33/h8-9,11-12,15-22,25-26,34H,5-7,10,13-14,23-24H2,1-4H3/t34-/m1/s1. The summed E-state index contributed by atoms with van der Waals surface area (Å²) in [5.41, 5.74) is 4.79. The van der Waals surface area contributed by atoms with Crippen LogP contribution in [-0.4, -0.2) is 22.9 Å². The van der Waals surface area contributed by atoms with Crippen molar-refractivity contribution < 1.29 is 19.1 Å². The summed E-state index contributed by atoms with van der Waals surface area (Å²) < 4.78 is 13.6. The Kier molecular flexibility index (Phi) is 10.8. The zero-order valence-corrected chi connectivity index (χ0v) is 24.9. The van der Waals surface area contributed by atoms with E-state index in [2.05, 4.69) is 49.6 Å². The van der Waals surface area contributed by atoms with Gasteiger partial charge in [-0.2, -0.15) is 0 Å². The Labute approximate surface area is 244 Å². The first-order chi connectivity index (χ1) is 19.9. The van der Waals surface area contributed by atoms with Crippen molar-refractivity contribution in [2.24, 2.45) is 5.92 Å². The van der Waals surface area contributed by atoms with Gasteiger partial charge in [0, 0.05) is 41.2 Å². The van der Waals surface area contributed by atoms with Crippen LogP contribution in [0.3, 0.4) is 0 Å². The second kappa shape index (κ2) is 14.7. The predicted octanol–water partition coefficient (Wildman–Crippen LogP) is 8.72. The summed E-state index contributed by atoms with van der Waals surface area (Å²) in [6, 6.07) is 24.2. The average Bonchev–Trinajstić information content (AvgIpc) is 3.34. The lowest BCUT2D eigenvalue weighted by molar-refractivity contribution is -0.143. The van der Waals surface area contributed by atoms with E-state index < -0.39 is 0 Å². The summed E-state index contributed by atoms with van der Waals surface area (Å²) in [5, 5.41) is 0.912. The van der Waals surface area contributed by atoms with Crippen molar-refractivity contribution in [2.45, 2.75) is 78.9 Å². The Morgan fingerprint density at radius 3 is 2.29 bits per heavy atom. The minimum atomic E-state index is -0.192. The first kappa shape index (κ1) is 30.1. The number of esters is 1. The summed E-state index contributed by atoms with van der Waals surface area (Å²) in [6.45, 7) is 9.51. The van der Waals surface area contributed by atoms with Gasteiger partial charge >= 0.3 is 5.97 Å². The molecule has 3 aromatic carbocycles. The van der Waals surface area contributed by atoms with Crippen LogP contribution in [0.1, 0.15) is 93.0 Å². The highest BCUT2D eigenvalue weighted by Gasteiger charge is 2.18. The maximum atomic E-state index is 13.6. The normalized spacial score (nSPS) is 12.0. The Morgan fingerprint density at radius 1 is 0.878 bits per heavy atom. The van der Waals surface area contributed by atoms with Crippen LogP contribution in [0, 0.1) is 5.92 Å². The molecule has 41 heavy (non-hydrogen) atoms. The predicted molar refractivity (Wildman–Crippen MR) is 166 cm³/mol. The number of fused-ring (bicyclic) bond motifs is 1. The number of carbonyl (C=O) groups is 2. The van der Waals surface area contributed by atoms with Crippen LogP contribution >= 0.6 is 0 Å². The Morgan fingerprint density at radius 2 is 1.61 bits per heavy atom. The highest BCUT2D eigenvalue weighted by atomic mass is 16.5. The Hall–Kier alpha value is -3.86. The van der Waals surface area contributed by atoms with Gasteiger partial charge in [-0.15, -0.1) is 0 Å². The average molecular weight is 554 g/mol. The number of rotatable bonds is 15. The summed E-state index contributed by atoms with van der Waals surface area (Å²) >= 11 is 0. The molecular weight excluding hydrogens is 510 g/mol. The number of benzene rings is 3. The van der Waals surface area contributed by atoms with Gasteiger partial charge in [-0.05, 0) is 80.0 Å². The fraction of sp³-hybridized carbons (Fsp3) is 0.389. The minimum Gasteiger partial charge on any atom is -0.486 e. The number of nitrogens with zero attached hydrogens (tertiary/aromatic N) is 1. The van der Waals surface area contributed by atoms with E-state index >= 15 is 0 Å². The molecular formula is C36H43NO4. The second-order valence-corrected chi connectivity index (χ2v) is 11.1. The van der Waals surface area contributed by atoms with E-state index in [0.29, 0.717) is 43.0 Å². The van der Waals surface area contributed by atoms with Gasteiger partial charge in [0.25, 0.3) is 0 Å². The van der Waals surface area contributed by atoms with Gasteiger partial charge in [0.15, 0.2) is 5.78 Å². The van der Waals surface area contributed by atoms with Crippen molar-refractivity contribution in [1.29, 1.82) is 0 Å². The lowest BCUT2D eigenvalue weighted by atomic mass is 9.98. The highest BCUT2D eigenvalue weighted by Crippen LogP contribution is 2.29. The zero-order valence-electron chi connectivity index (χ0n) is 24.9. The molecule has 5 heteroatoms. The minimum absolute atomic E-state index is 0.0276. The molecule has 0 unspecified atom stereocenters. The fourth-order valence-corrected chi connectivity index (χ4v) is 5.27. The summed E-state index contributed by atoms with van der Waals surface area (Å²) in [5.74, 6) is 1.17. The van der Waals surface area contributed by atoms with E-state index in [0.717, 1.165) is 42.3 Å². The molecule has 0 spiro atoms. The van der Waals surface area contributed by atoms with Crippen molar-refractivity contribution in [1.82, 2.24) is 4.57 Å². The maximum Gasteiger partial charge on any atom is 0.305 e. The van der Waals surface area contributed by atoms with Crippen LogP contribution in [0.2, 0.25) is 0 Å². The highest BCUT2D eigenvalue weighted by molar-refractivity contribution is 6.16. The van der Waals surface area contributed by atoms with E-state index in [1.165, 1.54) is 11.1 Å². The number of carbonyl (C=O) groups excluding carboxylic acids is 2. The molecule has 0 aliphatic heterocycles. The number of hydrogen-bond donors (Lipinski definition) is 0. The van der Waals surface area contributed by atoms with Gasteiger partial charge in [0.2, 0.25) is 0 Å². The van der Waals surface area contributed by atoms with E-state index in [9.17, 15) is 9.59 Å². The number of ketones is 1. The molecule has 216 valence electrons. The van der Waals surface area contributed by atoms with Crippen LogP contribution in [0.5, 0.6) is 5.75 Å². The SMILES string of the molecule is CCCC[C@@H](Oc1ccc(C(=O)c2cn(CCCC(=O)OCC)c3ccccc23)cc1)c1ccc(CC(C)C)cc1. The Bertz CT molecular complexity index is 1420. The van der Waals surface area contributed by atoms with Crippen molar-refractivity contribution >= 4 is 22.7 Å². The topological polar surface area (TPSA) is 57.5 Å². The van der Waals surface area contributed by atoms with Gasteiger partial charge in [0.1, 0.15) is 11.9 Å². The van der Waals surface area contributed by atoms with Gasteiger partial charge in [-0.25, -0.2) is 0 Å². The van der Waals surface area contributed by atoms with Crippen molar-refractivity contribution in [3.8, 4) is 5.75 Å². The third kappa shape index (κ3) is 8.09. The number of para-hydroxylation sites is 1. The summed E-state index contributed by atoms with van der Waals surface area (Å²) in [7, 11) is 0. The van der Waals surface area contributed by atoms with Crippen molar-refractivity contribution in [2.75, 3.05) is 6.61 Å². The first-order valence-electron chi connectivity index (χ1n) is 15.0. The number of ether oxygens (including phenoxy) is 2. The van der Waals surface area contributed by atoms with E-state index in [-0.39, 0.29) is 17.9 Å². The number of unbranched alkanes of at least 4 members (excludes halogenated alkanes) is 1. The largest absolute Gasteiger partial charge is 0.486 e. The molecule has 4 rings (SSSR count). The van der Waals surface area contributed by atoms with Gasteiger partial charge < -0.3 is 14.0 Å². The molecule has 0 amide bonds. The van der Waals surface area contributed by atoms with E-state index in [1.807, 2.05) is 61.7 Å². The van der Waals surface area contributed by atoms with E-state index in [1.54, 1.807) is 0 Å². The molecule has 1 heterocycles. The molecule has 0 aliphatic carbocycles. The molecule has 5 nitrogen and oxygen atoms in total. The maximum absolute atomic E-state index is 13.6. The zero-order chi connectivity index (χ0) is 29.2. The van der Waals surface area contributed by atoms with Gasteiger partial charge in [0.05, 0.1) is 6.61 Å². The van der Waals surface area contributed by atoms with Crippen LogP contribution in [-0.2, 0) is 22.5 Å². The molecule has 0 radical (unpaired) electrons. The third-order valence-corrected chi connectivity index (χ3v) is 7.33. The molecule has 4 aromatic rings. The second-order valence-electron chi connectivity index (χ2n) is 11.1. The molecule has 1 atom stereocenters. The van der Waals surface area contributed by atoms with Gasteiger partial charge in [-0.1, -0.05) is 69.7 Å². The summed E-state index contributed by atoms with van der Waals surface area (Å²) in [6.07, 6.45) is 7.08. The molecule has 1 aromatic heterocycles. The quantitative estimate of drug-likeness (QED) is 0.109. The van der Waals surface area contributed by atoms with Crippen molar-refractivity contribution in [3.05, 3.63) is 101 Å². The number of aromatic nitrogens is 1. The first-order valence-corrected chi connectivity index (χ1v) is 15.0. The Balaban J connectivity index is 1.48. The fourth-order valence-electron chi connectivity index (χ4n) is 5.27. The van der Waals surface area contributed by atoms with Crippen LogP contribution < -0.4 is 4.74 Å². The van der Waals surface area contributed by atoms with Gasteiger partial charge in [-0.3, -0.25) is 9.59 Å². The molecule has 0 bridgehead atoms. The van der Waals surface area contributed by atoms with Crippen molar-refractivity contribution in [3.63, 3.8) is 0 Å². The lowest BCUT2D eigenvalue weighted by Gasteiger charge is -2.20. The molecule has 0 fully saturated rings. The van der Waals surface area contributed by atoms with Crippen LogP contribution in [0.15, 0.2) is 79.0 Å². The molecule has 0 saturated heterocycles. The molecule has 0 saturated carbocycles. The number of aryl methyl sites for hydroxylation is 1. The molecule has 0 N–H and O–H groups in total. The monoisotopic (exact) mass is 553 g/mol. The lowest BCUT2D eigenvalue weighted by Crippen LogP contribution is -2.08. The summed E-state index contributed by atoms with van der Waals surface area (Å²) in [4.78, 5) is 25.4. The number of hydrogen-bond acceptors (Lipinski definition) is 4.